The topological polar surface area (TPSA) is 41.6 Å². The van der Waals surface area contributed by atoms with Gasteiger partial charge in [-0.25, -0.2) is 4.98 Å². The van der Waals surface area contributed by atoms with Gasteiger partial charge in [0.25, 0.3) is 0 Å². The zero-order valence-corrected chi connectivity index (χ0v) is 9.46. The molecule has 2 heterocycles. The van der Waals surface area contributed by atoms with E-state index in [0.29, 0.717) is 5.69 Å². The first kappa shape index (κ1) is 9.22. The van der Waals surface area contributed by atoms with Crippen LogP contribution in [0.4, 0.5) is 0 Å². The molecule has 0 bridgehead atoms. The van der Waals surface area contributed by atoms with Gasteiger partial charge in [-0.2, -0.15) is 5.26 Å². The minimum atomic E-state index is 0.450. The van der Waals surface area contributed by atoms with E-state index in [4.69, 9.17) is 5.26 Å². The maximum absolute atomic E-state index is 8.73. The molecule has 0 saturated heterocycles. The molecule has 0 amide bonds. The van der Waals surface area contributed by atoms with Crippen LogP contribution >= 0.6 is 15.9 Å². The number of fused-ring (bicyclic) bond motifs is 1. The van der Waals surface area contributed by atoms with Gasteiger partial charge in [-0.3, -0.25) is 0 Å². The number of hydrogen-bond acceptors (Lipinski definition) is 2. The number of pyridine rings is 1. The van der Waals surface area contributed by atoms with Crippen molar-refractivity contribution >= 4 is 27.0 Å². The molecule has 0 spiro atoms. The van der Waals surface area contributed by atoms with E-state index in [2.05, 4.69) is 20.9 Å². The Bertz CT molecular complexity index is 548. The molecule has 0 aliphatic rings. The fraction of sp³-hybridized carbons (Fsp3) is 0.200. The summed E-state index contributed by atoms with van der Waals surface area (Å²) in [5.41, 5.74) is 2.40. The van der Waals surface area contributed by atoms with Crippen LogP contribution in [0, 0.1) is 18.3 Å². The first-order chi connectivity index (χ1) is 6.65. The van der Waals surface area contributed by atoms with E-state index in [1.54, 1.807) is 6.07 Å². The van der Waals surface area contributed by atoms with Crippen molar-refractivity contribution in [1.82, 2.24) is 9.55 Å². The van der Waals surface area contributed by atoms with Gasteiger partial charge in [0.15, 0.2) is 0 Å². The van der Waals surface area contributed by atoms with Gasteiger partial charge < -0.3 is 4.57 Å². The highest BCUT2D eigenvalue weighted by atomic mass is 79.9. The molecule has 0 saturated carbocycles. The Hall–Kier alpha value is -1.34. The zero-order chi connectivity index (χ0) is 10.3. The predicted octanol–water partition coefficient (Wildman–Crippen LogP) is 2.52. The van der Waals surface area contributed by atoms with Crippen molar-refractivity contribution in [2.45, 2.75) is 6.92 Å². The maximum Gasteiger partial charge on any atom is 0.142 e. The SMILES string of the molecule is Cc1c(Br)c2ccc(C#N)nc2n1C. The number of aromatic nitrogens is 2. The summed E-state index contributed by atoms with van der Waals surface area (Å²) in [5, 5.41) is 9.78. The van der Waals surface area contributed by atoms with E-state index in [1.165, 1.54) is 0 Å². The van der Waals surface area contributed by atoms with Crippen molar-refractivity contribution in [3.8, 4) is 6.07 Å². The van der Waals surface area contributed by atoms with E-state index in [9.17, 15) is 0 Å². The minimum absolute atomic E-state index is 0.450. The highest BCUT2D eigenvalue weighted by Crippen LogP contribution is 2.28. The Morgan fingerprint density at radius 2 is 2.21 bits per heavy atom. The van der Waals surface area contributed by atoms with Crippen LogP contribution in [-0.4, -0.2) is 9.55 Å². The van der Waals surface area contributed by atoms with Gasteiger partial charge in [-0.1, -0.05) is 0 Å². The molecule has 0 radical (unpaired) electrons. The molecule has 0 fully saturated rings. The number of nitrogens with zero attached hydrogens (tertiary/aromatic N) is 3. The Morgan fingerprint density at radius 3 is 2.86 bits per heavy atom. The molecule has 0 aromatic carbocycles. The van der Waals surface area contributed by atoms with E-state index in [0.717, 1.165) is 21.2 Å². The van der Waals surface area contributed by atoms with Crippen molar-refractivity contribution in [1.29, 1.82) is 5.26 Å². The molecule has 4 heteroatoms. The summed E-state index contributed by atoms with van der Waals surface area (Å²) >= 11 is 3.50. The molecule has 70 valence electrons. The summed E-state index contributed by atoms with van der Waals surface area (Å²) in [5.74, 6) is 0. The molecule has 2 aromatic rings. The summed E-state index contributed by atoms with van der Waals surface area (Å²) in [4.78, 5) is 4.25. The van der Waals surface area contributed by atoms with Crippen molar-refractivity contribution < 1.29 is 0 Å². The van der Waals surface area contributed by atoms with Crippen LogP contribution in [0.3, 0.4) is 0 Å². The minimum Gasteiger partial charge on any atom is -0.332 e. The average molecular weight is 250 g/mol. The third kappa shape index (κ3) is 1.13. The van der Waals surface area contributed by atoms with Gasteiger partial charge in [0.05, 0.1) is 0 Å². The van der Waals surface area contributed by atoms with E-state index >= 15 is 0 Å². The fourth-order valence-corrected chi connectivity index (χ4v) is 2.01. The third-order valence-electron chi connectivity index (χ3n) is 2.36. The second-order valence-corrected chi connectivity index (χ2v) is 3.93. The zero-order valence-electron chi connectivity index (χ0n) is 7.87. The Morgan fingerprint density at radius 1 is 1.50 bits per heavy atom. The normalized spacial score (nSPS) is 10.4. The molecule has 0 aliphatic carbocycles. The molecule has 3 nitrogen and oxygen atoms in total. The number of rotatable bonds is 0. The monoisotopic (exact) mass is 249 g/mol. The number of hydrogen-bond donors (Lipinski definition) is 0. The van der Waals surface area contributed by atoms with E-state index in [-0.39, 0.29) is 0 Å². The van der Waals surface area contributed by atoms with Gasteiger partial charge in [-0.05, 0) is 35.0 Å². The highest BCUT2D eigenvalue weighted by Gasteiger charge is 2.10. The molecule has 0 N–H and O–H groups in total. The largest absolute Gasteiger partial charge is 0.332 e. The Labute approximate surface area is 90.1 Å². The van der Waals surface area contributed by atoms with Gasteiger partial charge in [-0.15, -0.1) is 0 Å². The number of aryl methyl sites for hydroxylation is 1. The highest BCUT2D eigenvalue weighted by molar-refractivity contribution is 9.10. The van der Waals surface area contributed by atoms with E-state index in [1.807, 2.05) is 30.7 Å². The van der Waals surface area contributed by atoms with Crippen molar-refractivity contribution in [3.05, 3.63) is 28.0 Å². The summed E-state index contributed by atoms with van der Waals surface area (Å²) in [6.45, 7) is 2.01. The molecule has 0 atom stereocenters. The van der Waals surface area contributed by atoms with Crippen molar-refractivity contribution in [2.24, 2.45) is 7.05 Å². The fourth-order valence-electron chi connectivity index (χ4n) is 1.44. The second kappa shape index (κ2) is 3.10. The van der Waals surface area contributed by atoms with Crippen molar-refractivity contribution in [2.75, 3.05) is 0 Å². The van der Waals surface area contributed by atoms with Gasteiger partial charge in [0.2, 0.25) is 0 Å². The lowest BCUT2D eigenvalue weighted by atomic mass is 10.3. The lowest BCUT2D eigenvalue weighted by molar-refractivity contribution is 0.897. The first-order valence-corrected chi connectivity index (χ1v) is 4.96. The lowest BCUT2D eigenvalue weighted by Crippen LogP contribution is -1.93. The summed E-state index contributed by atoms with van der Waals surface area (Å²) in [6.07, 6.45) is 0. The van der Waals surface area contributed by atoms with Crippen LogP contribution in [-0.2, 0) is 7.05 Å². The standard InChI is InChI=1S/C10H8BrN3/c1-6-9(11)8-4-3-7(5-12)13-10(8)14(6)2/h3-4H,1-2H3. The van der Waals surface area contributed by atoms with Crippen LogP contribution in [0.25, 0.3) is 11.0 Å². The summed E-state index contributed by atoms with van der Waals surface area (Å²) in [7, 11) is 1.94. The molecule has 2 aromatic heterocycles. The number of nitriles is 1. The van der Waals surface area contributed by atoms with Crippen LogP contribution in [0.5, 0.6) is 0 Å². The predicted molar refractivity (Wildman–Crippen MR) is 57.9 cm³/mol. The lowest BCUT2D eigenvalue weighted by Gasteiger charge is -1.96. The maximum atomic E-state index is 8.73. The Balaban J connectivity index is 2.91. The van der Waals surface area contributed by atoms with Gasteiger partial charge >= 0.3 is 0 Å². The molecule has 0 aliphatic heterocycles. The molecule has 14 heavy (non-hydrogen) atoms. The van der Waals surface area contributed by atoms with E-state index < -0.39 is 0 Å². The third-order valence-corrected chi connectivity index (χ3v) is 3.37. The number of halogens is 1. The molecule has 2 rings (SSSR count). The van der Waals surface area contributed by atoms with Crippen LogP contribution in [0.2, 0.25) is 0 Å². The van der Waals surface area contributed by atoms with Crippen LogP contribution in [0.1, 0.15) is 11.4 Å². The summed E-state index contributed by atoms with van der Waals surface area (Å²) in [6, 6.07) is 5.68. The average Bonchev–Trinajstić information content (AvgIpc) is 2.44. The molecule has 0 unspecified atom stereocenters. The van der Waals surface area contributed by atoms with Crippen LogP contribution in [0.15, 0.2) is 16.6 Å². The van der Waals surface area contributed by atoms with Crippen LogP contribution < -0.4 is 0 Å². The summed E-state index contributed by atoms with van der Waals surface area (Å²) < 4.78 is 3.02. The first-order valence-electron chi connectivity index (χ1n) is 4.16. The smallest absolute Gasteiger partial charge is 0.142 e. The molecular formula is C10H8BrN3. The Kier molecular flexibility index (Phi) is 2.05. The molecular weight excluding hydrogens is 242 g/mol. The quantitative estimate of drug-likeness (QED) is 0.720. The van der Waals surface area contributed by atoms with Gasteiger partial charge in [0.1, 0.15) is 17.4 Å². The second-order valence-electron chi connectivity index (χ2n) is 3.14. The van der Waals surface area contributed by atoms with Crippen molar-refractivity contribution in [3.63, 3.8) is 0 Å². The van der Waals surface area contributed by atoms with Gasteiger partial charge in [0, 0.05) is 22.6 Å².